The molecular weight excluding hydrogens is 256 g/mol. The Morgan fingerprint density at radius 2 is 1.85 bits per heavy atom. The number of hydrogen-bond acceptors (Lipinski definition) is 3. The van der Waals surface area contributed by atoms with Crippen LogP contribution in [0.15, 0.2) is 30.3 Å². The molecule has 0 bridgehead atoms. The summed E-state index contributed by atoms with van der Waals surface area (Å²) in [5.74, 6) is -0.812. The summed E-state index contributed by atoms with van der Waals surface area (Å²) in [6, 6.07) is 8.15. The Kier molecular flexibility index (Phi) is 6.73. The van der Waals surface area contributed by atoms with Gasteiger partial charge in [0.2, 0.25) is 5.91 Å². The zero-order chi connectivity index (χ0) is 15.0. The maximum Gasteiger partial charge on any atom is 0.321 e. The third-order valence-corrected chi connectivity index (χ3v) is 2.86. The van der Waals surface area contributed by atoms with Crippen LogP contribution in [0.3, 0.4) is 0 Å². The van der Waals surface area contributed by atoms with Gasteiger partial charge in [-0.1, -0.05) is 32.0 Å². The molecule has 1 amide bonds. The van der Waals surface area contributed by atoms with Crippen LogP contribution in [0.1, 0.15) is 26.7 Å². The van der Waals surface area contributed by atoms with Gasteiger partial charge in [0.05, 0.1) is 6.42 Å². The molecule has 5 heteroatoms. The topological polar surface area (TPSA) is 78.4 Å². The van der Waals surface area contributed by atoms with E-state index in [-0.39, 0.29) is 12.3 Å². The number of rotatable bonds is 8. The van der Waals surface area contributed by atoms with Crippen LogP contribution in [0.4, 0.5) is 5.69 Å². The number of carbonyl (C=O) groups excluding carboxylic acids is 1. The number of hydrogen-bond donors (Lipinski definition) is 3. The molecule has 5 nitrogen and oxygen atoms in total. The molecule has 0 heterocycles. The molecule has 0 spiro atoms. The van der Waals surface area contributed by atoms with E-state index >= 15 is 0 Å². The fraction of sp³-hybridized carbons (Fsp3) is 0.467. The molecule has 1 rings (SSSR count). The molecular formula is C15H22N2O3. The van der Waals surface area contributed by atoms with Gasteiger partial charge in [0.1, 0.15) is 6.04 Å². The van der Waals surface area contributed by atoms with E-state index in [0.29, 0.717) is 18.2 Å². The van der Waals surface area contributed by atoms with Crippen LogP contribution in [-0.2, 0) is 9.59 Å². The highest BCUT2D eigenvalue weighted by molar-refractivity contribution is 5.93. The summed E-state index contributed by atoms with van der Waals surface area (Å²) in [6.45, 7) is 4.73. The predicted octanol–water partition coefficient (Wildman–Crippen LogP) is 2.10. The first-order chi connectivity index (χ1) is 9.49. The molecule has 1 atom stereocenters. The lowest BCUT2D eigenvalue weighted by Gasteiger charge is -2.15. The minimum Gasteiger partial charge on any atom is -0.480 e. The number of amides is 1. The van der Waals surface area contributed by atoms with Crippen LogP contribution in [0.2, 0.25) is 0 Å². The van der Waals surface area contributed by atoms with Gasteiger partial charge >= 0.3 is 5.97 Å². The zero-order valence-electron chi connectivity index (χ0n) is 11.9. The highest BCUT2D eigenvalue weighted by Crippen LogP contribution is 2.06. The van der Waals surface area contributed by atoms with Crippen LogP contribution in [0, 0.1) is 5.92 Å². The average molecular weight is 278 g/mol. The molecule has 0 unspecified atom stereocenters. The van der Waals surface area contributed by atoms with E-state index in [2.05, 4.69) is 24.5 Å². The number of carbonyl (C=O) groups is 2. The predicted molar refractivity (Wildman–Crippen MR) is 78.6 cm³/mol. The van der Waals surface area contributed by atoms with Gasteiger partial charge < -0.3 is 15.7 Å². The summed E-state index contributed by atoms with van der Waals surface area (Å²) in [6.07, 6.45) is 0.798. The van der Waals surface area contributed by atoms with Gasteiger partial charge in [0.15, 0.2) is 0 Å². The van der Waals surface area contributed by atoms with E-state index in [0.717, 1.165) is 6.42 Å². The first-order valence-electron chi connectivity index (χ1n) is 6.80. The average Bonchev–Trinajstić information content (AvgIpc) is 2.38. The van der Waals surface area contributed by atoms with Gasteiger partial charge in [-0.05, 0) is 31.0 Å². The molecule has 0 saturated carbocycles. The van der Waals surface area contributed by atoms with E-state index in [1.807, 2.05) is 18.2 Å². The van der Waals surface area contributed by atoms with Crippen molar-refractivity contribution < 1.29 is 14.7 Å². The SMILES string of the molecule is CC(C)CCN[C@H](CC(=O)Nc1ccccc1)C(=O)O. The molecule has 20 heavy (non-hydrogen) atoms. The molecule has 1 aromatic carbocycles. The Balaban J connectivity index is 2.44. The Labute approximate surface area is 119 Å². The lowest BCUT2D eigenvalue weighted by molar-refractivity contribution is -0.141. The quantitative estimate of drug-likeness (QED) is 0.680. The van der Waals surface area contributed by atoms with Crippen LogP contribution >= 0.6 is 0 Å². The smallest absolute Gasteiger partial charge is 0.321 e. The highest BCUT2D eigenvalue weighted by atomic mass is 16.4. The number of carboxylic acid groups (broad SMARTS) is 1. The molecule has 0 aromatic heterocycles. The molecule has 0 saturated heterocycles. The van der Waals surface area contributed by atoms with Gasteiger partial charge in [-0.2, -0.15) is 0 Å². The van der Waals surface area contributed by atoms with E-state index in [9.17, 15) is 9.59 Å². The second-order valence-electron chi connectivity index (χ2n) is 5.15. The van der Waals surface area contributed by atoms with E-state index in [4.69, 9.17) is 5.11 Å². The third-order valence-electron chi connectivity index (χ3n) is 2.86. The van der Waals surface area contributed by atoms with Crippen LogP contribution in [-0.4, -0.2) is 29.6 Å². The molecule has 0 radical (unpaired) electrons. The monoisotopic (exact) mass is 278 g/mol. The maximum absolute atomic E-state index is 11.8. The van der Waals surface area contributed by atoms with Crippen molar-refractivity contribution in [3.8, 4) is 0 Å². The summed E-state index contributed by atoms with van der Waals surface area (Å²) in [5, 5.41) is 14.7. The summed E-state index contributed by atoms with van der Waals surface area (Å²) in [4.78, 5) is 22.9. The lowest BCUT2D eigenvalue weighted by atomic mass is 10.1. The molecule has 0 aliphatic carbocycles. The summed E-state index contributed by atoms with van der Waals surface area (Å²) >= 11 is 0. The van der Waals surface area contributed by atoms with Gasteiger partial charge in [0, 0.05) is 5.69 Å². The Bertz CT molecular complexity index is 432. The minimum absolute atomic E-state index is 0.0810. The van der Waals surface area contributed by atoms with Crippen molar-refractivity contribution in [2.75, 3.05) is 11.9 Å². The van der Waals surface area contributed by atoms with E-state index in [1.54, 1.807) is 12.1 Å². The van der Waals surface area contributed by atoms with Crippen molar-refractivity contribution in [1.82, 2.24) is 5.32 Å². The molecule has 110 valence electrons. The third kappa shape index (κ3) is 6.33. The number of anilines is 1. The molecule has 0 aliphatic rings. The van der Waals surface area contributed by atoms with Crippen LogP contribution in [0.25, 0.3) is 0 Å². The summed E-state index contributed by atoms with van der Waals surface area (Å²) in [7, 11) is 0. The summed E-state index contributed by atoms with van der Waals surface area (Å²) < 4.78 is 0. The maximum atomic E-state index is 11.8. The van der Waals surface area contributed by atoms with Gasteiger partial charge in [0.25, 0.3) is 0 Å². The number of nitrogens with one attached hydrogen (secondary N) is 2. The van der Waals surface area contributed by atoms with Gasteiger partial charge in [-0.25, -0.2) is 0 Å². The molecule has 0 aliphatic heterocycles. The van der Waals surface area contributed by atoms with E-state index in [1.165, 1.54) is 0 Å². The number of aliphatic carboxylic acids is 1. The standard InChI is InChI=1S/C15H22N2O3/c1-11(2)8-9-16-13(15(19)20)10-14(18)17-12-6-4-3-5-7-12/h3-7,11,13,16H,8-10H2,1-2H3,(H,17,18)(H,19,20)/t13-/m1/s1. The minimum atomic E-state index is -1.00. The van der Waals surface area contributed by atoms with Gasteiger partial charge in [-0.3, -0.25) is 9.59 Å². The Hall–Kier alpha value is -1.88. The Morgan fingerprint density at radius 1 is 1.20 bits per heavy atom. The number of carboxylic acids is 1. The van der Waals surface area contributed by atoms with Crippen molar-refractivity contribution >= 4 is 17.6 Å². The number of para-hydroxylation sites is 1. The van der Waals surface area contributed by atoms with Crippen molar-refractivity contribution in [2.24, 2.45) is 5.92 Å². The Morgan fingerprint density at radius 3 is 2.40 bits per heavy atom. The molecule has 1 aromatic rings. The zero-order valence-corrected chi connectivity index (χ0v) is 11.9. The largest absolute Gasteiger partial charge is 0.480 e. The van der Waals surface area contributed by atoms with Crippen molar-refractivity contribution in [2.45, 2.75) is 32.7 Å². The lowest BCUT2D eigenvalue weighted by Crippen LogP contribution is -2.40. The van der Waals surface area contributed by atoms with E-state index < -0.39 is 12.0 Å². The highest BCUT2D eigenvalue weighted by Gasteiger charge is 2.20. The number of benzene rings is 1. The second-order valence-corrected chi connectivity index (χ2v) is 5.15. The van der Waals surface area contributed by atoms with Crippen molar-refractivity contribution in [1.29, 1.82) is 0 Å². The fourth-order valence-corrected chi connectivity index (χ4v) is 1.71. The molecule has 3 N–H and O–H groups in total. The molecule has 0 fully saturated rings. The van der Waals surface area contributed by atoms with Crippen LogP contribution < -0.4 is 10.6 Å². The summed E-state index contributed by atoms with van der Waals surface area (Å²) in [5.41, 5.74) is 0.670. The van der Waals surface area contributed by atoms with Crippen LogP contribution in [0.5, 0.6) is 0 Å². The fourth-order valence-electron chi connectivity index (χ4n) is 1.71. The van der Waals surface area contributed by atoms with Crippen molar-refractivity contribution in [3.63, 3.8) is 0 Å². The normalized spacial score (nSPS) is 12.2. The van der Waals surface area contributed by atoms with Gasteiger partial charge in [-0.15, -0.1) is 0 Å². The van der Waals surface area contributed by atoms with Crippen molar-refractivity contribution in [3.05, 3.63) is 30.3 Å². The first-order valence-corrected chi connectivity index (χ1v) is 6.80. The second kappa shape index (κ2) is 8.32. The first kappa shape index (κ1) is 16.2.